The van der Waals surface area contributed by atoms with Crippen molar-refractivity contribution >= 4 is 6.16 Å². The van der Waals surface area contributed by atoms with E-state index in [2.05, 4.69) is 13.8 Å². The number of rotatable bonds is 0. The summed E-state index contributed by atoms with van der Waals surface area (Å²) in [5.41, 5.74) is 0.424. The molecule has 3 heteroatoms. The van der Waals surface area contributed by atoms with Crippen LogP contribution in [0.15, 0.2) is 0 Å². The molecule has 2 rings (SSSR count). The molecular weight excluding hydrogens is 240 g/mol. The molecular formula is C16H28O3. The van der Waals surface area contributed by atoms with Crippen molar-refractivity contribution in [1.29, 1.82) is 0 Å². The molecule has 0 amide bonds. The van der Waals surface area contributed by atoms with Gasteiger partial charge in [0.2, 0.25) is 0 Å². The fourth-order valence-corrected chi connectivity index (χ4v) is 3.30. The van der Waals surface area contributed by atoms with Crippen LogP contribution in [0, 0.1) is 5.41 Å². The maximum Gasteiger partial charge on any atom is 0.509 e. The molecule has 1 heterocycles. The molecule has 2 atom stereocenters. The largest absolute Gasteiger partial charge is 0.509 e. The molecule has 2 aliphatic rings. The first-order valence-corrected chi connectivity index (χ1v) is 7.94. The van der Waals surface area contributed by atoms with E-state index in [1.807, 2.05) is 0 Å². The van der Waals surface area contributed by atoms with Crippen molar-refractivity contribution in [3.8, 4) is 0 Å². The first-order chi connectivity index (χ1) is 9.07. The summed E-state index contributed by atoms with van der Waals surface area (Å²) in [6, 6.07) is 0. The van der Waals surface area contributed by atoms with Crippen molar-refractivity contribution in [3.05, 3.63) is 0 Å². The predicted octanol–water partition coefficient (Wildman–Crippen LogP) is 4.83. The maximum absolute atomic E-state index is 11.3. The Labute approximate surface area is 117 Å². The number of carbonyl (C=O) groups excluding carboxylic acids is 1. The summed E-state index contributed by atoms with van der Waals surface area (Å²) >= 11 is 0. The van der Waals surface area contributed by atoms with Gasteiger partial charge in [-0.3, -0.25) is 0 Å². The SMILES string of the molecule is CC1(C)CCCCCCC[C@H]2OC(=O)O[C@@H]2CCC1. The van der Waals surface area contributed by atoms with Crippen molar-refractivity contribution < 1.29 is 14.3 Å². The molecule has 110 valence electrons. The van der Waals surface area contributed by atoms with E-state index in [9.17, 15) is 4.79 Å². The predicted molar refractivity (Wildman–Crippen MR) is 75.1 cm³/mol. The number of hydrogen-bond donors (Lipinski definition) is 0. The van der Waals surface area contributed by atoms with Crippen LogP contribution in [0.2, 0.25) is 0 Å². The molecule has 0 aromatic carbocycles. The Morgan fingerprint density at radius 2 is 1.37 bits per heavy atom. The lowest BCUT2D eigenvalue weighted by molar-refractivity contribution is 0.113. The minimum atomic E-state index is -0.457. The van der Waals surface area contributed by atoms with E-state index in [1.165, 1.54) is 38.5 Å². The summed E-state index contributed by atoms with van der Waals surface area (Å²) in [5.74, 6) is 0. The first kappa shape index (κ1) is 14.7. The zero-order valence-corrected chi connectivity index (χ0v) is 12.5. The summed E-state index contributed by atoms with van der Waals surface area (Å²) in [6.45, 7) is 4.72. The van der Waals surface area contributed by atoms with Crippen molar-refractivity contribution in [2.24, 2.45) is 5.41 Å². The molecule has 1 aliphatic carbocycles. The smallest absolute Gasteiger partial charge is 0.427 e. The van der Waals surface area contributed by atoms with Gasteiger partial charge in [0.1, 0.15) is 12.2 Å². The van der Waals surface area contributed by atoms with Gasteiger partial charge in [-0.15, -0.1) is 0 Å². The highest BCUT2D eigenvalue weighted by atomic mass is 16.8. The lowest BCUT2D eigenvalue weighted by atomic mass is 9.81. The Hall–Kier alpha value is -0.730. The molecule has 0 aromatic rings. The standard InChI is InChI=1S/C16H28O3/c1-16(2)11-7-5-3-4-6-9-13-14(10-8-12-16)19-15(17)18-13/h13-14H,3-12H2,1-2H3/t13-,14-/m1/s1. The molecule has 3 nitrogen and oxygen atoms in total. The molecule has 0 bridgehead atoms. The third kappa shape index (κ3) is 4.70. The highest BCUT2D eigenvalue weighted by molar-refractivity contribution is 5.62. The van der Waals surface area contributed by atoms with Gasteiger partial charge in [0.15, 0.2) is 0 Å². The third-order valence-electron chi connectivity index (χ3n) is 4.59. The lowest BCUT2D eigenvalue weighted by Crippen LogP contribution is -2.23. The fourth-order valence-electron chi connectivity index (χ4n) is 3.30. The van der Waals surface area contributed by atoms with Crippen molar-refractivity contribution in [1.82, 2.24) is 0 Å². The quantitative estimate of drug-likeness (QED) is 0.590. The number of hydrogen-bond acceptors (Lipinski definition) is 3. The van der Waals surface area contributed by atoms with E-state index in [0.717, 1.165) is 25.7 Å². The van der Waals surface area contributed by atoms with Crippen LogP contribution < -0.4 is 0 Å². The van der Waals surface area contributed by atoms with Crippen LogP contribution in [0.4, 0.5) is 4.79 Å². The second-order valence-corrected chi connectivity index (χ2v) is 6.93. The Bertz CT molecular complexity index is 298. The lowest BCUT2D eigenvalue weighted by Gasteiger charge is -2.25. The molecule has 2 fully saturated rings. The van der Waals surface area contributed by atoms with Crippen LogP contribution in [-0.4, -0.2) is 18.4 Å². The molecule has 1 aliphatic heterocycles. The van der Waals surface area contributed by atoms with Crippen LogP contribution in [0.1, 0.15) is 78.1 Å². The molecule has 0 aromatic heterocycles. The third-order valence-corrected chi connectivity index (χ3v) is 4.59. The fraction of sp³-hybridized carbons (Fsp3) is 0.938. The van der Waals surface area contributed by atoms with Crippen molar-refractivity contribution in [3.63, 3.8) is 0 Å². The molecule has 0 radical (unpaired) electrons. The highest BCUT2D eigenvalue weighted by Crippen LogP contribution is 2.33. The maximum atomic E-state index is 11.3. The van der Waals surface area contributed by atoms with Gasteiger partial charge in [0.05, 0.1) is 0 Å². The molecule has 1 saturated carbocycles. The van der Waals surface area contributed by atoms with E-state index in [4.69, 9.17) is 9.47 Å². The summed E-state index contributed by atoms with van der Waals surface area (Å²) in [6.07, 6.45) is 11.6. The van der Waals surface area contributed by atoms with Gasteiger partial charge in [-0.1, -0.05) is 39.5 Å². The normalized spacial score (nSPS) is 33.1. The van der Waals surface area contributed by atoms with Crippen LogP contribution in [-0.2, 0) is 9.47 Å². The molecule has 0 spiro atoms. The van der Waals surface area contributed by atoms with Gasteiger partial charge < -0.3 is 9.47 Å². The van der Waals surface area contributed by atoms with Gasteiger partial charge in [0, 0.05) is 0 Å². The van der Waals surface area contributed by atoms with Gasteiger partial charge in [-0.05, 0) is 43.9 Å². The van der Waals surface area contributed by atoms with Gasteiger partial charge in [0.25, 0.3) is 0 Å². The second-order valence-electron chi connectivity index (χ2n) is 6.93. The average molecular weight is 268 g/mol. The van der Waals surface area contributed by atoms with Gasteiger partial charge >= 0.3 is 6.16 Å². The monoisotopic (exact) mass is 268 g/mol. The minimum absolute atomic E-state index is 0.00375. The Morgan fingerprint density at radius 1 is 0.842 bits per heavy atom. The zero-order chi connectivity index (χ0) is 13.7. The van der Waals surface area contributed by atoms with Crippen LogP contribution in [0.25, 0.3) is 0 Å². The Balaban J connectivity index is 1.90. The number of carbonyl (C=O) groups is 1. The van der Waals surface area contributed by atoms with E-state index in [1.54, 1.807) is 0 Å². The Kier molecular flexibility index (Phi) is 5.12. The van der Waals surface area contributed by atoms with Crippen molar-refractivity contribution in [2.45, 2.75) is 90.3 Å². The van der Waals surface area contributed by atoms with E-state index < -0.39 is 6.16 Å². The summed E-state index contributed by atoms with van der Waals surface area (Å²) < 4.78 is 10.6. The number of fused-ring (bicyclic) bond motifs is 1. The van der Waals surface area contributed by atoms with Gasteiger partial charge in [-0.25, -0.2) is 4.79 Å². The molecule has 0 unspecified atom stereocenters. The van der Waals surface area contributed by atoms with Crippen LogP contribution in [0.3, 0.4) is 0 Å². The summed E-state index contributed by atoms with van der Waals surface area (Å²) in [4.78, 5) is 11.3. The van der Waals surface area contributed by atoms with Crippen LogP contribution >= 0.6 is 0 Å². The minimum Gasteiger partial charge on any atom is -0.427 e. The summed E-state index contributed by atoms with van der Waals surface area (Å²) in [5, 5.41) is 0. The van der Waals surface area contributed by atoms with Crippen LogP contribution in [0.5, 0.6) is 0 Å². The van der Waals surface area contributed by atoms with E-state index in [-0.39, 0.29) is 12.2 Å². The second kappa shape index (κ2) is 6.62. The molecule has 19 heavy (non-hydrogen) atoms. The topological polar surface area (TPSA) is 35.5 Å². The van der Waals surface area contributed by atoms with E-state index >= 15 is 0 Å². The summed E-state index contributed by atoms with van der Waals surface area (Å²) in [7, 11) is 0. The molecule has 1 saturated heterocycles. The van der Waals surface area contributed by atoms with Gasteiger partial charge in [-0.2, -0.15) is 0 Å². The zero-order valence-electron chi connectivity index (χ0n) is 12.5. The Morgan fingerprint density at radius 3 is 2.11 bits per heavy atom. The van der Waals surface area contributed by atoms with E-state index in [0.29, 0.717) is 5.41 Å². The highest BCUT2D eigenvalue weighted by Gasteiger charge is 2.35. The first-order valence-electron chi connectivity index (χ1n) is 7.94. The number of ether oxygens (including phenoxy) is 2. The molecule has 0 N–H and O–H groups in total. The van der Waals surface area contributed by atoms with Crippen molar-refractivity contribution in [2.75, 3.05) is 0 Å². The average Bonchev–Trinajstić information content (AvgIpc) is 2.67.